The maximum atomic E-state index is 11.6. The average Bonchev–Trinajstić information content (AvgIpc) is 2.61. The van der Waals surface area contributed by atoms with Crippen LogP contribution in [0, 0.1) is 5.92 Å². The van der Waals surface area contributed by atoms with Crippen LogP contribution in [0.4, 0.5) is 0 Å². The maximum Gasteiger partial charge on any atom is 0.137 e. The Bertz CT molecular complexity index is 319. The first-order valence-electron chi connectivity index (χ1n) is 5.28. The van der Waals surface area contributed by atoms with Gasteiger partial charge in [-0.05, 0) is 19.0 Å². The molecule has 0 amide bonds. The zero-order valence-corrected chi connectivity index (χ0v) is 9.66. The molecule has 15 heavy (non-hydrogen) atoms. The summed E-state index contributed by atoms with van der Waals surface area (Å²) in [7, 11) is 3.75. The van der Waals surface area contributed by atoms with Crippen LogP contribution >= 0.6 is 0 Å². The number of carbonyl (C=O) groups excluding carboxylic acids is 1. The van der Waals surface area contributed by atoms with Crippen LogP contribution in [0.2, 0.25) is 0 Å². The van der Waals surface area contributed by atoms with Gasteiger partial charge in [-0.15, -0.1) is 0 Å². The Morgan fingerprint density at radius 3 is 2.93 bits per heavy atom. The molecule has 84 valence electrons. The number of carbonyl (C=O) groups is 1. The molecular weight excluding hydrogens is 190 g/mol. The largest absolute Gasteiger partial charge is 0.319 e. The SMILES string of the molecule is CNCC(C)C(=O)CCc1cnn(C)c1. The number of rotatable bonds is 6. The van der Waals surface area contributed by atoms with Crippen molar-refractivity contribution in [3.05, 3.63) is 18.0 Å². The van der Waals surface area contributed by atoms with Gasteiger partial charge in [-0.25, -0.2) is 0 Å². The molecule has 4 heteroatoms. The van der Waals surface area contributed by atoms with Crippen molar-refractivity contribution in [2.24, 2.45) is 13.0 Å². The number of aryl methyl sites for hydroxylation is 2. The van der Waals surface area contributed by atoms with Crippen molar-refractivity contribution in [2.75, 3.05) is 13.6 Å². The first kappa shape index (κ1) is 11.9. The van der Waals surface area contributed by atoms with E-state index in [9.17, 15) is 4.79 Å². The van der Waals surface area contributed by atoms with Gasteiger partial charge in [-0.1, -0.05) is 6.92 Å². The van der Waals surface area contributed by atoms with E-state index in [-0.39, 0.29) is 5.92 Å². The minimum absolute atomic E-state index is 0.103. The summed E-state index contributed by atoms with van der Waals surface area (Å²) in [5.74, 6) is 0.417. The molecule has 4 nitrogen and oxygen atoms in total. The Hall–Kier alpha value is -1.16. The Morgan fingerprint density at radius 1 is 1.67 bits per heavy atom. The predicted octanol–water partition coefficient (Wildman–Crippen LogP) is 0.777. The fourth-order valence-corrected chi connectivity index (χ4v) is 1.53. The third-order valence-corrected chi connectivity index (χ3v) is 2.48. The Balaban J connectivity index is 2.34. The summed E-state index contributed by atoms with van der Waals surface area (Å²) in [4.78, 5) is 11.6. The summed E-state index contributed by atoms with van der Waals surface area (Å²) < 4.78 is 1.76. The van der Waals surface area contributed by atoms with Crippen LogP contribution in [0.15, 0.2) is 12.4 Å². The summed E-state index contributed by atoms with van der Waals surface area (Å²) >= 11 is 0. The maximum absolute atomic E-state index is 11.6. The zero-order valence-electron chi connectivity index (χ0n) is 9.66. The van der Waals surface area contributed by atoms with Gasteiger partial charge in [0.1, 0.15) is 5.78 Å². The van der Waals surface area contributed by atoms with E-state index >= 15 is 0 Å². The van der Waals surface area contributed by atoms with Crippen LogP contribution in [0.1, 0.15) is 18.9 Å². The summed E-state index contributed by atoms with van der Waals surface area (Å²) in [5.41, 5.74) is 1.13. The van der Waals surface area contributed by atoms with E-state index in [0.717, 1.165) is 18.5 Å². The molecule has 0 saturated carbocycles. The lowest BCUT2D eigenvalue weighted by Gasteiger charge is -2.08. The number of Topliss-reactive ketones (excluding diaryl/α,β-unsaturated/α-hetero) is 1. The molecule has 1 aromatic heterocycles. The quantitative estimate of drug-likeness (QED) is 0.753. The standard InChI is InChI=1S/C11H19N3O/c1-9(6-12-2)11(15)5-4-10-7-13-14(3)8-10/h7-9,12H,4-6H2,1-3H3. The first-order chi connectivity index (χ1) is 7.13. The van der Waals surface area contributed by atoms with E-state index in [0.29, 0.717) is 12.2 Å². The molecule has 0 aliphatic heterocycles. The molecule has 1 rings (SSSR count). The van der Waals surface area contributed by atoms with Gasteiger partial charge in [0.25, 0.3) is 0 Å². The molecular formula is C11H19N3O. The number of hydrogen-bond acceptors (Lipinski definition) is 3. The lowest BCUT2D eigenvalue weighted by atomic mass is 10.0. The van der Waals surface area contributed by atoms with Crippen LogP contribution in [-0.4, -0.2) is 29.2 Å². The normalized spacial score (nSPS) is 12.7. The van der Waals surface area contributed by atoms with E-state index < -0.39 is 0 Å². The molecule has 0 bridgehead atoms. The molecule has 0 aromatic carbocycles. The van der Waals surface area contributed by atoms with Gasteiger partial charge in [0.2, 0.25) is 0 Å². The molecule has 1 heterocycles. The molecule has 1 aromatic rings. The summed E-state index contributed by atoms with van der Waals surface area (Å²) in [6.07, 6.45) is 5.17. The Morgan fingerprint density at radius 2 is 2.40 bits per heavy atom. The Labute approximate surface area is 90.7 Å². The van der Waals surface area contributed by atoms with Crippen molar-refractivity contribution in [3.63, 3.8) is 0 Å². The zero-order chi connectivity index (χ0) is 11.3. The van der Waals surface area contributed by atoms with Crippen molar-refractivity contribution < 1.29 is 4.79 Å². The second-order valence-corrected chi connectivity index (χ2v) is 3.95. The van der Waals surface area contributed by atoms with E-state index in [1.165, 1.54) is 0 Å². The van der Waals surface area contributed by atoms with Gasteiger partial charge < -0.3 is 5.32 Å². The fourth-order valence-electron chi connectivity index (χ4n) is 1.53. The van der Waals surface area contributed by atoms with Crippen LogP contribution in [-0.2, 0) is 18.3 Å². The van der Waals surface area contributed by atoms with Crippen molar-refractivity contribution in [1.82, 2.24) is 15.1 Å². The summed E-state index contributed by atoms with van der Waals surface area (Å²) in [6, 6.07) is 0. The van der Waals surface area contributed by atoms with Crippen LogP contribution in [0.3, 0.4) is 0 Å². The lowest BCUT2D eigenvalue weighted by molar-refractivity contribution is -0.122. The Kier molecular flexibility index (Phi) is 4.49. The van der Waals surface area contributed by atoms with Crippen LogP contribution < -0.4 is 5.32 Å². The highest BCUT2D eigenvalue weighted by Gasteiger charge is 2.11. The third kappa shape index (κ3) is 3.83. The lowest BCUT2D eigenvalue weighted by Crippen LogP contribution is -2.23. The molecule has 0 spiro atoms. The van der Waals surface area contributed by atoms with Crippen LogP contribution in [0.25, 0.3) is 0 Å². The van der Waals surface area contributed by atoms with Gasteiger partial charge >= 0.3 is 0 Å². The smallest absolute Gasteiger partial charge is 0.137 e. The second-order valence-electron chi connectivity index (χ2n) is 3.95. The van der Waals surface area contributed by atoms with E-state index in [4.69, 9.17) is 0 Å². The molecule has 0 aliphatic rings. The highest BCUT2D eigenvalue weighted by molar-refractivity contribution is 5.81. The molecule has 1 N–H and O–H groups in total. The van der Waals surface area contributed by atoms with Gasteiger partial charge in [0, 0.05) is 32.1 Å². The highest BCUT2D eigenvalue weighted by Crippen LogP contribution is 2.05. The van der Waals surface area contributed by atoms with E-state index in [1.807, 2.05) is 33.4 Å². The minimum Gasteiger partial charge on any atom is -0.319 e. The topological polar surface area (TPSA) is 46.9 Å². The van der Waals surface area contributed by atoms with E-state index in [2.05, 4.69) is 10.4 Å². The van der Waals surface area contributed by atoms with Crippen LogP contribution in [0.5, 0.6) is 0 Å². The molecule has 0 saturated heterocycles. The summed E-state index contributed by atoms with van der Waals surface area (Å²) in [6.45, 7) is 2.72. The van der Waals surface area contributed by atoms with Gasteiger partial charge in [0.05, 0.1) is 6.20 Å². The van der Waals surface area contributed by atoms with Crippen molar-refractivity contribution in [2.45, 2.75) is 19.8 Å². The third-order valence-electron chi connectivity index (χ3n) is 2.48. The summed E-state index contributed by atoms with van der Waals surface area (Å²) in [5, 5.41) is 7.08. The average molecular weight is 209 g/mol. The van der Waals surface area contributed by atoms with E-state index in [1.54, 1.807) is 4.68 Å². The molecule has 0 radical (unpaired) electrons. The number of aromatic nitrogens is 2. The number of ketones is 1. The molecule has 0 fully saturated rings. The monoisotopic (exact) mass is 209 g/mol. The van der Waals surface area contributed by atoms with Crippen molar-refractivity contribution in [3.8, 4) is 0 Å². The van der Waals surface area contributed by atoms with Crippen molar-refractivity contribution >= 4 is 5.78 Å². The number of nitrogens with one attached hydrogen (secondary N) is 1. The second kappa shape index (κ2) is 5.66. The van der Waals surface area contributed by atoms with Gasteiger partial charge in [0.15, 0.2) is 0 Å². The van der Waals surface area contributed by atoms with Crippen molar-refractivity contribution in [1.29, 1.82) is 0 Å². The molecule has 1 unspecified atom stereocenters. The minimum atomic E-state index is 0.103. The first-order valence-corrected chi connectivity index (χ1v) is 5.28. The molecule has 0 aliphatic carbocycles. The van der Waals surface area contributed by atoms with Gasteiger partial charge in [-0.2, -0.15) is 5.10 Å². The van der Waals surface area contributed by atoms with Gasteiger partial charge in [-0.3, -0.25) is 9.48 Å². The molecule has 1 atom stereocenters. The number of nitrogens with zero attached hydrogens (tertiary/aromatic N) is 2. The fraction of sp³-hybridized carbons (Fsp3) is 0.636. The number of hydrogen-bond donors (Lipinski definition) is 1. The highest BCUT2D eigenvalue weighted by atomic mass is 16.1. The predicted molar refractivity (Wildman–Crippen MR) is 59.6 cm³/mol.